The van der Waals surface area contributed by atoms with E-state index < -0.39 is 18.5 Å². The largest absolute Gasteiger partial charge is 0.452 e. The summed E-state index contributed by atoms with van der Waals surface area (Å²) in [5.74, 6) is -1.52. The third kappa shape index (κ3) is 4.45. The number of halogens is 1. The van der Waals surface area contributed by atoms with Gasteiger partial charge in [0, 0.05) is 6.08 Å². The molecule has 0 spiro atoms. The SMILES string of the molecule is O=C(COC(=O)/C=C/c1ccc(F)cc1)Nc1cccc2nsnc12. The van der Waals surface area contributed by atoms with Crippen molar-refractivity contribution in [1.82, 2.24) is 8.75 Å². The number of aromatic nitrogens is 2. The van der Waals surface area contributed by atoms with Crippen molar-refractivity contribution < 1.29 is 18.7 Å². The van der Waals surface area contributed by atoms with Gasteiger partial charge in [-0.15, -0.1) is 0 Å². The van der Waals surface area contributed by atoms with Crippen molar-refractivity contribution >= 4 is 46.4 Å². The molecule has 1 aromatic heterocycles. The highest BCUT2D eigenvalue weighted by Crippen LogP contribution is 2.20. The molecule has 0 bridgehead atoms. The zero-order valence-corrected chi connectivity index (χ0v) is 13.6. The molecule has 6 nitrogen and oxygen atoms in total. The summed E-state index contributed by atoms with van der Waals surface area (Å²) in [5.41, 5.74) is 2.42. The molecule has 1 amide bonds. The molecule has 8 heteroatoms. The predicted octanol–water partition coefficient (Wildman–Crippen LogP) is 3.03. The summed E-state index contributed by atoms with van der Waals surface area (Å²) >= 11 is 1.05. The first-order valence-electron chi connectivity index (χ1n) is 7.23. The van der Waals surface area contributed by atoms with Crippen LogP contribution < -0.4 is 5.32 Å². The van der Waals surface area contributed by atoms with Gasteiger partial charge in [-0.3, -0.25) is 4.79 Å². The summed E-state index contributed by atoms with van der Waals surface area (Å²) in [5, 5.41) is 2.63. The Labute approximate surface area is 146 Å². The zero-order valence-electron chi connectivity index (χ0n) is 12.8. The summed E-state index contributed by atoms with van der Waals surface area (Å²) in [6, 6.07) is 10.8. The lowest BCUT2D eigenvalue weighted by atomic mass is 10.2. The summed E-state index contributed by atoms with van der Waals surface area (Å²) in [7, 11) is 0. The van der Waals surface area contributed by atoms with Gasteiger partial charge in [0.05, 0.1) is 17.4 Å². The first-order chi connectivity index (χ1) is 12.1. The van der Waals surface area contributed by atoms with E-state index in [0.29, 0.717) is 22.3 Å². The van der Waals surface area contributed by atoms with Gasteiger partial charge < -0.3 is 10.1 Å². The minimum Gasteiger partial charge on any atom is -0.452 e. The van der Waals surface area contributed by atoms with Gasteiger partial charge in [0.15, 0.2) is 6.61 Å². The first kappa shape index (κ1) is 16.7. The van der Waals surface area contributed by atoms with Crippen LogP contribution in [0.5, 0.6) is 0 Å². The summed E-state index contributed by atoms with van der Waals surface area (Å²) in [6.07, 6.45) is 2.65. The zero-order chi connectivity index (χ0) is 17.6. The number of nitrogens with one attached hydrogen (secondary N) is 1. The van der Waals surface area contributed by atoms with Crippen LogP contribution in [0.3, 0.4) is 0 Å². The number of hydrogen-bond acceptors (Lipinski definition) is 6. The Morgan fingerprint density at radius 2 is 1.96 bits per heavy atom. The summed E-state index contributed by atoms with van der Waals surface area (Å²) in [6.45, 7) is -0.430. The standard InChI is InChI=1S/C17H12FN3O3S/c18-12-7-4-11(5-8-12)6-9-16(23)24-10-15(22)19-13-2-1-3-14-17(13)21-25-20-14/h1-9H,10H2,(H,19,22)/b9-6+. The second-order valence-electron chi connectivity index (χ2n) is 4.98. The van der Waals surface area contributed by atoms with Crippen LogP contribution in [0, 0.1) is 5.82 Å². The molecule has 1 heterocycles. The van der Waals surface area contributed by atoms with Crippen molar-refractivity contribution in [1.29, 1.82) is 0 Å². The third-order valence-corrected chi connectivity index (χ3v) is 3.73. The van der Waals surface area contributed by atoms with E-state index in [1.54, 1.807) is 18.2 Å². The Kier molecular flexibility index (Phi) is 5.10. The van der Waals surface area contributed by atoms with E-state index in [9.17, 15) is 14.0 Å². The molecule has 0 aliphatic heterocycles. The third-order valence-electron chi connectivity index (χ3n) is 3.19. The van der Waals surface area contributed by atoms with Crippen LogP contribution in [0.4, 0.5) is 10.1 Å². The number of benzene rings is 2. The lowest BCUT2D eigenvalue weighted by Gasteiger charge is -2.05. The molecule has 3 aromatic rings. The smallest absolute Gasteiger partial charge is 0.331 e. The number of hydrogen-bond donors (Lipinski definition) is 1. The molecule has 0 saturated heterocycles. The average molecular weight is 357 g/mol. The van der Waals surface area contributed by atoms with E-state index in [1.807, 2.05) is 0 Å². The van der Waals surface area contributed by atoms with Crippen molar-refractivity contribution in [3.8, 4) is 0 Å². The number of amides is 1. The molecule has 0 unspecified atom stereocenters. The molecule has 0 aliphatic rings. The van der Waals surface area contributed by atoms with Crippen molar-refractivity contribution in [3.63, 3.8) is 0 Å². The van der Waals surface area contributed by atoms with E-state index in [1.165, 1.54) is 36.4 Å². The molecule has 0 atom stereocenters. The van der Waals surface area contributed by atoms with E-state index in [-0.39, 0.29) is 5.82 Å². The van der Waals surface area contributed by atoms with Crippen molar-refractivity contribution in [2.45, 2.75) is 0 Å². The van der Waals surface area contributed by atoms with Gasteiger partial charge in [-0.1, -0.05) is 18.2 Å². The minimum atomic E-state index is -0.673. The normalized spacial score (nSPS) is 10.9. The van der Waals surface area contributed by atoms with Crippen LogP contribution in [0.2, 0.25) is 0 Å². The number of rotatable bonds is 5. The van der Waals surface area contributed by atoms with Gasteiger partial charge in [0.1, 0.15) is 16.9 Å². The molecule has 0 fully saturated rings. The fraction of sp³-hybridized carbons (Fsp3) is 0.0588. The fourth-order valence-electron chi connectivity index (χ4n) is 2.02. The van der Waals surface area contributed by atoms with E-state index >= 15 is 0 Å². The highest BCUT2D eigenvalue weighted by Gasteiger charge is 2.10. The maximum atomic E-state index is 12.8. The molecule has 0 saturated carbocycles. The van der Waals surface area contributed by atoms with Crippen LogP contribution in [0.1, 0.15) is 5.56 Å². The van der Waals surface area contributed by atoms with Gasteiger partial charge >= 0.3 is 5.97 Å². The predicted molar refractivity (Wildman–Crippen MR) is 92.4 cm³/mol. The van der Waals surface area contributed by atoms with Crippen LogP contribution in [0.15, 0.2) is 48.5 Å². The molecule has 3 rings (SSSR count). The summed E-state index contributed by atoms with van der Waals surface area (Å²) in [4.78, 5) is 23.5. The van der Waals surface area contributed by atoms with Crippen molar-refractivity contribution in [2.24, 2.45) is 0 Å². The fourth-order valence-corrected chi connectivity index (χ4v) is 2.57. The molecule has 25 heavy (non-hydrogen) atoms. The number of carbonyl (C=O) groups is 2. The Hall–Kier alpha value is -3.13. The van der Waals surface area contributed by atoms with Gasteiger partial charge in [-0.2, -0.15) is 8.75 Å². The second kappa shape index (κ2) is 7.63. The number of carbonyl (C=O) groups excluding carboxylic acids is 2. The number of ether oxygens (including phenoxy) is 1. The van der Waals surface area contributed by atoms with E-state index in [0.717, 1.165) is 11.7 Å². The number of esters is 1. The quantitative estimate of drug-likeness (QED) is 0.561. The first-order valence-corrected chi connectivity index (χ1v) is 7.96. The van der Waals surface area contributed by atoms with Gasteiger partial charge in [-0.25, -0.2) is 9.18 Å². The van der Waals surface area contributed by atoms with E-state index in [4.69, 9.17) is 4.74 Å². The van der Waals surface area contributed by atoms with E-state index in [2.05, 4.69) is 14.1 Å². The lowest BCUT2D eigenvalue weighted by molar-refractivity contribution is -0.142. The van der Waals surface area contributed by atoms with Gasteiger partial charge in [-0.05, 0) is 35.9 Å². The van der Waals surface area contributed by atoms with Crippen LogP contribution in [-0.2, 0) is 14.3 Å². The Morgan fingerprint density at radius 3 is 2.76 bits per heavy atom. The molecule has 126 valence electrons. The molecule has 0 aliphatic carbocycles. The monoisotopic (exact) mass is 357 g/mol. The molecule has 0 radical (unpaired) electrons. The van der Waals surface area contributed by atoms with Crippen molar-refractivity contribution in [3.05, 3.63) is 59.9 Å². The molecule has 1 N–H and O–H groups in total. The van der Waals surface area contributed by atoms with Gasteiger partial charge in [0.25, 0.3) is 5.91 Å². The maximum absolute atomic E-state index is 12.8. The summed E-state index contributed by atoms with van der Waals surface area (Å²) < 4.78 is 25.8. The number of fused-ring (bicyclic) bond motifs is 1. The van der Waals surface area contributed by atoms with Gasteiger partial charge in [0.2, 0.25) is 0 Å². The Bertz CT molecular complexity index is 938. The highest BCUT2D eigenvalue weighted by atomic mass is 32.1. The Morgan fingerprint density at radius 1 is 1.16 bits per heavy atom. The van der Waals surface area contributed by atoms with Crippen LogP contribution in [0.25, 0.3) is 17.1 Å². The molecular formula is C17H12FN3O3S. The topological polar surface area (TPSA) is 81.2 Å². The number of anilines is 1. The van der Waals surface area contributed by atoms with Crippen molar-refractivity contribution in [2.75, 3.05) is 11.9 Å². The highest BCUT2D eigenvalue weighted by molar-refractivity contribution is 7.00. The minimum absolute atomic E-state index is 0.360. The van der Waals surface area contributed by atoms with Crippen LogP contribution in [-0.4, -0.2) is 27.2 Å². The maximum Gasteiger partial charge on any atom is 0.331 e. The number of nitrogens with zero attached hydrogens (tertiary/aromatic N) is 2. The Balaban J connectivity index is 1.52. The second-order valence-corrected chi connectivity index (χ2v) is 5.51. The molecule has 2 aromatic carbocycles. The molecular weight excluding hydrogens is 345 g/mol. The van der Waals surface area contributed by atoms with Crippen LogP contribution >= 0.6 is 11.7 Å². The lowest BCUT2D eigenvalue weighted by Crippen LogP contribution is -2.20. The average Bonchev–Trinajstić information content (AvgIpc) is 3.09.